The molecule has 0 radical (unpaired) electrons. The number of nitrogens with zero attached hydrogens (tertiary/aromatic N) is 4. The molecule has 1 aliphatic heterocycles. The molecule has 0 fully saturated rings. The Bertz CT molecular complexity index is 1490. The largest absolute Gasteiger partial charge is 0.495 e. The predicted octanol–water partition coefficient (Wildman–Crippen LogP) is 5.97. The van der Waals surface area contributed by atoms with Crippen LogP contribution in [0.1, 0.15) is 25.0 Å². The first-order valence-corrected chi connectivity index (χ1v) is 14.6. The van der Waals surface area contributed by atoms with E-state index in [2.05, 4.69) is 37.4 Å². The van der Waals surface area contributed by atoms with E-state index < -0.39 is 0 Å². The minimum absolute atomic E-state index is 0.0670. The molecule has 39 heavy (non-hydrogen) atoms. The van der Waals surface area contributed by atoms with Gasteiger partial charge in [-0.2, -0.15) is 4.98 Å². The normalized spacial score (nSPS) is 12.8. The zero-order chi connectivity index (χ0) is 27.5. The average Bonchev–Trinajstić information content (AvgIpc) is 3.53. The van der Waals surface area contributed by atoms with E-state index in [1.54, 1.807) is 18.4 Å². The van der Waals surface area contributed by atoms with Crippen LogP contribution in [0, 0.1) is 0 Å². The van der Waals surface area contributed by atoms with Crippen LogP contribution in [0.25, 0.3) is 10.2 Å². The highest BCUT2D eigenvalue weighted by atomic mass is 32.2. The number of carbonyl (C=O) groups is 1. The topological polar surface area (TPSA) is 79.8 Å². The van der Waals surface area contributed by atoms with E-state index in [1.165, 1.54) is 4.90 Å². The minimum atomic E-state index is 0.0670. The molecule has 0 unspecified atom stereocenters. The Balaban J connectivity index is 1.43. The van der Waals surface area contributed by atoms with E-state index in [-0.39, 0.29) is 5.91 Å². The number of hydrogen-bond donors (Lipinski definition) is 1. The molecule has 5 rings (SSSR count). The molecule has 1 N–H and O–H groups in total. The number of thiophene rings is 1. The summed E-state index contributed by atoms with van der Waals surface area (Å²) in [5.41, 5.74) is 4.59. The van der Waals surface area contributed by atoms with Crippen molar-refractivity contribution in [3.8, 4) is 11.6 Å². The summed E-state index contributed by atoms with van der Waals surface area (Å²) in [5, 5.41) is 5.80. The van der Waals surface area contributed by atoms with Crippen molar-refractivity contribution in [2.45, 2.75) is 37.0 Å². The fourth-order valence-electron chi connectivity index (χ4n) is 4.55. The van der Waals surface area contributed by atoms with E-state index >= 15 is 0 Å². The number of rotatable bonds is 10. The molecular formula is C29H33N5O3S2. The molecule has 0 saturated heterocycles. The highest BCUT2D eigenvalue weighted by Crippen LogP contribution is 2.39. The second kappa shape index (κ2) is 11.8. The molecule has 0 aliphatic carbocycles. The Kier molecular flexibility index (Phi) is 8.25. The molecule has 8 nitrogen and oxygen atoms in total. The van der Waals surface area contributed by atoms with Crippen molar-refractivity contribution in [3.05, 3.63) is 59.0 Å². The van der Waals surface area contributed by atoms with Crippen LogP contribution in [0.2, 0.25) is 0 Å². The molecule has 10 heteroatoms. The molecule has 3 heterocycles. The Hall–Kier alpha value is -3.34. The van der Waals surface area contributed by atoms with Gasteiger partial charge in [-0.1, -0.05) is 32.0 Å². The van der Waals surface area contributed by atoms with E-state index in [0.717, 1.165) is 33.5 Å². The minimum Gasteiger partial charge on any atom is -0.495 e. The number of anilines is 3. The Morgan fingerprint density at radius 2 is 2.03 bits per heavy atom. The number of ether oxygens (including phenoxy) is 2. The standard InChI is InChI=1S/C29H33N5O3S2/c1-18(2)39-25-9-7-6-8-20(25)17-37-28-27-21(11-13-38-27)30-29(32-28)31-22-15-23-19(14-24(22)36-5)10-12-34(23)26(35)16-33(3)4/h6-9,11,13-15,18H,10,12,16-17H2,1-5H3,(H,30,31,32). The predicted molar refractivity (Wildman–Crippen MR) is 160 cm³/mol. The van der Waals surface area contributed by atoms with Crippen molar-refractivity contribution >= 4 is 56.5 Å². The van der Waals surface area contributed by atoms with Crippen LogP contribution in [0.4, 0.5) is 17.3 Å². The summed E-state index contributed by atoms with van der Waals surface area (Å²) >= 11 is 3.38. The number of nitrogens with one attached hydrogen (secondary N) is 1. The summed E-state index contributed by atoms with van der Waals surface area (Å²) in [6.45, 7) is 5.78. The maximum atomic E-state index is 12.9. The SMILES string of the molecule is COc1cc2c(cc1Nc1nc(OCc3ccccc3SC(C)C)c3sccc3n1)N(C(=O)CN(C)C)CC2. The third-order valence-electron chi connectivity index (χ3n) is 6.27. The summed E-state index contributed by atoms with van der Waals surface area (Å²) in [6.07, 6.45) is 0.789. The van der Waals surface area contributed by atoms with E-state index in [1.807, 2.05) is 65.3 Å². The Morgan fingerprint density at radius 1 is 1.21 bits per heavy atom. The molecule has 204 valence electrons. The number of hydrogen-bond acceptors (Lipinski definition) is 9. The molecule has 4 aromatic rings. The van der Waals surface area contributed by atoms with E-state index in [4.69, 9.17) is 19.4 Å². The third-order valence-corrected chi connectivity index (χ3v) is 8.28. The highest BCUT2D eigenvalue weighted by Gasteiger charge is 2.27. The lowest BCUT2D eigenvalue weighted by Crippen LogP contribution is -2.36. The Morgan fingerprint density at radius 3 is 2.79 bits per heavy atom. The fourth-order valence-corrected chi connectivity index (χ4v) is 6.26. The van der Waals surface area contributed by atoms with Gasteiger partial charge in [0.2, 0.25) is 17.7 Å². The van der Waals surface area contributed by atoms with Gasteiger partial charge in [0.05, 0.1) is 24.9 Å². The quantitative estimate of drug-likeness (QED) is 0.236. The molecule has 0 spiro atoms. The number of aromatic nitrogens is 2. The summed E-state index contributed by atoms with van der Waals surface area (Å²) in [5.74, 6) is 1.68. The van der Waals surface area contributed by atoms with Gasteiger partial charge in [-0.25, -0.2) is 4.98 Å². The summed E-state index contributed by atoms with van der Waals surface area (Å²) in [4.78, 5) is 27.3. The molecule has 1 aliphatic rings. The third kappa shape index (κ3) is 6.13. The molecular weight excluding hydrogens is 530 g/mol. The van der Waals surface area contributed by atoms with Crippen LogP contribution in [0.5, 0.6) is 11.6 Å². The van der Waals surface area contributed by atoms with Gasteiger partial charge in [-0.05, 0) is 55.7 Å². The molecule has 0 atom stereocenters. The molecule has 2 aromatic carbocycles. The van der Waals surface area contributed by atoms with Crippen molar-refractivity contribution in [3.63, 3.8) is 0 Å². The van der Waals surface area contributed by atoms with Crippen molar-refractivity contribution in [2.24, 2.45) is 0 Å². The second-order valence-corrected chi connectivity index (χ2v) is 12.4. The highest BCUT2D eigenvalue weighted by molar-refractivity contribution is 8.00. The van der Waals surface area contributed by atoms with E-state index in [0.29, 0.717) is 48.2 Å². The number of fused-ring (bicyclic) bond motifs is 2. The summed E-state index contributed by atoms with van der Waals surface area (Å²) in [6, 6.07) is 14.2. The number of likely N-dealkylation sites (N-methyl/N-ethyl adjacent to an activating group) is 1. The van der Waals surface area contributed by atoms with Crippen molar-refractivity contribution < 1.29 is 14.3 Å². The van der Waals surface area contributed by atoms with E-state index in [9.17, 15) is 4.79 Å². The average molecular weight is 564 g/mol. The van der Waals surface area contributed by atoms with Gasteiger partial charge in [0, 0.05) is 27.9 Å². The Labute approximate surface area is 237 Å². The monoisotopic (exact) mass is 563 g/mol. The van der Waals surface area contributed by atoms with Crippen molar-refractivity contribution in [2.75, 3.05) is 44.5 Å². The first kappa shape index (κ1) is 27.2. The summed E-state index contributed by atoms with van der Waals surface area (Å²) < 4.78 is 12.9. The number of benzene rings is 2. The second-order valence-electron chi connectivity index (χ2n) is 9.89. The fraction of sp³-hybridized carbons (Fsp3) is 0.345. The number of amides is 1. The van der Waals surface area contributed by atoms with Gasteiger partial charge in [0.15, 0.2) is 0 Å². The lowest BCUT2D eigenvalue weighted by atomic mass is 10.1. The van der Waals surface area contributed by atoms with Gasteiger partial charge < -0.3 is 24.6 Å². The number of methoxy groups -OCH3 is 1. The zero-order valence-corrected chi connectivity index (χ0v) is 24.5. The van der Waals surface area contributed by atoms with Crippen molar-refractivity contribution in [1.29, 1.82) is 0 Å². The number of thioether (sulfide) groups is 1. The van der Waals surface area contributed by atoms with Gasteiger partial charge in [0.1, 0.15) is 17.1 Å². The smallest absolute Gasteiger partial charge is 0.241 e. The molecule has 0 saturated carbocycles. The lowest BCUT2D eigenvalue weighted by molar-refractivity contribution is -0.119. The maximum absolute atomic E-state index is 12.9. The van der Waals surface area contributed by atoms with Crippen LogP contribution in [0.3, 0.4) is 0 Å². The van der Waals surface area contributed by atoms with Gasteiger partial charge >= 0.3 is 0 Å². The number of carbonyl (C=O) groups excluding carboxylic acids is 1. The van der Waals surface area contributed by atoms with Crippen LogP contribution < -0.4 is 19.7 Å². The van der Waals surface area contributed by atoms with Crippen LogP contribution in [-0.4, -0.2) is 60.3 Å². The van der Waals surface area contributed by atoms with Gasteiger partial charge in [0.25, 0.3) is 0 Å². The van der Waals surface area contributed by atoms with Gasteiger partial charge in [-0.3, -0.25) is 4.79 Å². The van der Waals surface area contributed by atoms with Crippen LogP contribution in [-0.2, 0) is 17.8 Å². The van der Waals surface area contributed by atoms with Crippen molar-refractivity contribution in [1.82, 2.24) is 14.9 Å². The molecule has 0 bridgehead atoms. The first-order valence-electron chi connectivity index (χ1n) is 12.9. The lowest BCUT2D eigenvalue weighted by Gasteiger charge is -2.21. The first-order chi connectivity index (χ1) is 18.8. The van der Waals surface area contributed by atoms with Crippen LogP contribution >= 0.6 is 23.1 Å². The molecule has 1 amide bonds. The van der Waals surface area contributed by atoms with Crippen LogP contribution in [0.15, 0.2) is 52.7 Å². The zero-order valence-electron chi connectivity index (χ0n) is 22.9. The maximum Gasteiger partial charge on any atom is 0.241 e. The van der Waals surface area contributed by atoms with Gasteiger partial charge in [-0.15, -0.1) is 23.1 Å². The molecule has 2 aromatic heterocycles. The summed E-state index contributed by atoms with van der Waals surface area (Å²) in [7, 11) is 5.44.